The maximum Gasteiger partial charge on any atom is 0.197 e. The average Bonchev–Trinajstić information content (AvgIpc) is 3.24. The van der Waals surface area contributed by atoms with Gasteiger partial charge < -0.3 is 15.8 Å². The number of aromatic nitrogens is 2. The summed E-state index contributed by atoms with van der Waals surface area (Å²) >= 11 is 1.63. The maximum atomic E-state index is 9.08. The molecule has 0 fully saturated rings. The molecule has 2 heterocycles. The van der Waals surface area contributed by atoms with E-state index >= 15 is 0 Å². The second-order valence-corrected chi connectivity index (χ2v) is 8.15. The van der Waals surface area contributed by atoms with Gasteiger partial charge in [0.1, 0.15) is 11.5 Å². The van der Waals surface area contributed by atoms with Crippen molar-refractivity contribution in [3.8, 4) is 17.3 Å². The van der Waals surface area contributed by atoms with Crippen molar-refractivity contribution >= 4 is 38.0 Å². The van der Waals surface area contributed by atoms with E-state index in [4.69, 9.17) is 20.7 Å². The molecule has 0 aliphatic heterocycles. The van der Waals surface area contributed by atoms with Crippen molar-refractivity contribution in [2.75, 3.05) is 24.2 Å². The van der Waals surface area contributed by atoms with Crippen molar-refractivity contribution in [2.45, 2.75) is 26.4 Å². The van der Waals surface area contributed by atoms with Crippen molar-refractivity contribution in [3.05, 3.63) is 48.0 Å². The summed E-state index contributed by atoms with van der Waals surface area (Å²) in [6.45, 7) is 5.55. The molecule has 4 aromatic rings. The lowest BCUT2D eigenvalue weighted by atomic mass is 10.1. The number of benzene rings is 2. The summed E-state index contributed by atoms with van der Waals surface area (Å²) in [4.78, 5) is 5.80. The Hall–Kier alpha value is -3.08. The predicted octanol–water partition coefficient (Wildman–Crippen LogP) is 4.90. The first kappa shape index (κ1) is 19.2. The van der Waals surface area contributed by atoms with E-state index in [1.807, 2.05) is 56.3 Å². The van der Waals surface area contributed by atoms with Crippen molar-refractivity contribution in [1.29, 1.82) is 5.26 Å². The van der Waals surface area contributed by atoms with Crippen LogP contribution in [0.25, 0.3) is 26.4 Å². The van der Waals surface area contributed by atoms with Crippen molar-refractivity contribution in [3.63, 3.8) is 0 Å². The first-order valence-corrected chi connectivity index (χ1v) is 10.4. The highest BCUT2D eigenvalue weighted by atomic mass is 32.1. The number of ether oxygens (including phenoxy) is 1. The van der Waals surface area contributed by atoms with Crippen LogP contribution >= 0.6 is 11.3 Å². The van der Waals surface area contributed by atoms with Crippen molar-refractivity contribution in [2.24, 2.45) is 0 Å². The Kier molecular flexibility index (Phi) is 5.38. The molecule has 0 saturated heterocycles. The molecule has 0 aliphatic carbocycles. The topological polar surface area (TPSA) is 88.4 Å². The first-order valence-electron chi connectivity index (χ1n) is 9.63. The molecule has 0 bridgehead atoms. The first-order chi connectivity index (χ1) is 14.1. The standard InChI is InChI=1S/C22H23N5OS/c1-14(2)28-11-3-10-25-21-20(16-6-4-15(13-23)5-7-16)26-22-27(21)18-12-17(24)8-9-19(18)29-22/h4-9,12,14,25H,3,10-11,24H2,1-2H3. The number of anilines is 2. The summed E-state index contributed by atoms with van der Waals surface area (Å²) in [5.41, 5.74) is 10.3. The third kappa shape index (κ3) is 3.90. The van der Waals surface area contributed by atoms with Gasteiger partial charge in [0.05, 0.1) is 28.0 Å². The molecule has 29 heavy (non-hydrogen) atoms. The Labute approximate surface area is 173 Å². The number of nitrogens with two attached hydrogens (primary N) is 1. The normalized spacial score (nSPS) is 11.4. The van der Waals surface area contributed by atoms with E-state index in [1.54, 1.807) is 11.3 Å². The van der Waals surface area contributed by atoms with Crippen molar-refractivity contribution < 1.29 is 4.74 Å². The minimum Gasteiger partial charge on any atom is -0.399 e. The summed E-state index contributed by atoms with van der Waals surface area (Å²) in [6, 6.07) is 15.6. The Bertz CT molecular complexity index is 1180. The van der Waals surface area contributed by atoms with E-state index in [2.05, 4.69) is 15.8 Å². The van der Waals surface area contributed by atoms with Crippen LogP contribution < -0.4 is 11.1 Å². The number of nitrogens with zero attached hydrogens (tertiary/aromatic N) is 3. The number of hydrogen-bond donors (Lipinski definition) is 2. The van der Waals surface area contributed by atoms with Gasteiger partial charge in [-0.15, -0.1) is 0 Å². The lowest BCUT2D eigenvalue weighted by Crippen LogP contribution is -2.10. The fraction of sp³-hybridized carbons (Fsp3) is 0.273. The summed E-state index contributed by atoms with van der Waals surface area (Å²) in [6.07, 6.45) is 1.12. The fourth-order valence-electron chi connectivity index (χ4n) is 3.25. The van der Waals surface area contributed by atoms with Crippen molar-refractivity contribution in [1.82, 2.24) is 9.38 Å². The van der Waals surface area contributed by atoms with Gasteiger partial charge in [0.25, 0.3) is 0 Å². The number of nitriles is 1. The van der Waals surface area contributed by atoms with Gasteiger partial charge in [-0.3, -0.25) is 4.40 Å². The molecular weight excluding hydrogens is 382 g/mol. The van der Waals surface area contributed by atoms with Gasteiger partial charge in [-0.25, -0.2) is 4.98 Å². The molecule has 0 aliphatic rings. The van der Waals surface area contributed by atoms with Crippen LogP contribution in [0.15, 0.2) is 42.5 Å². The fourth-order valence-corrected chi connectivity index (χ4v) is 4.26. The molecule has 148 valence electrons. The zero-order valence-corrected chi connectivity index (χ0v) is 17.3. The Morgan fingerprint density at radius 3 is 2.76 bits per heavy atom. The number of nitrogens with one attached hydrogen (secondary N) is 1. The highest BCUT2D eigenvalue weighted by Crippen LogP contribution is 2.36. The van der Waals surface area contributed by atoms with E-state index in [1.165, 1.54) is 0 Å². The van der Waals surface area contributed by atoms with Gasteiger partial charge >= 0.3 is 0 Å². The van der Waals surface area contributed by atoms with Crippen LogP contribution in [0.1, 0.15) is 25.8 Å². The molecule has 0 atom stereocenters. The quantitative estimate of drug-likeness (QED) is 0.337. The second kappa shape index (κ2) is 8.11. The zero-order chi connectivity index (χ0) is 20.4. The smallest absolute Gasteiger partial charge is 0.197 e. The van der Waals surface area contributed by atoms with Crippen LogP contribution in [0.3, 0.4) is 0 Å². The summed E-state index contributed by atoms with van der Waals surface area (Å²) < 4.78 is 8.92. The predicted molar refractivity (Wildman–Crippen MR) is 119 cm³/mol. The third-order valence-electron chi connectivity index (χ3n) is 4.62. The minimum atomic E-state index is 0.231. The molecule has 0 unspecified atom stereocenters. The van der Waals surface area contributed by atoms with Crippen LogP contribution in [-0.2, 0) is 4.74 Å². The lowest BCUT2D eigenvalue weighted by Gasteiger charge is -2.11. The molecule has 6 nitrogen and oxygen atoms in total. The minimum absolute atomic E-state index is 0.231. The van der Waals surface area contributed by atoms with Gasteiger partial charge in [-0.1, -0.05) is 23.5 Å². The Morgan fingerprint density at radius 1 is 1.24 bits per heavy atom. The molecule has 2 aromatic carbocycles. The molecule has 7 heteroatoms. The van der Waals surface area contributed by atoms with E-state index in [0.717, 1.165) is 50.9 Å². The molecule has 0 saturated carbocycles. The largest absolute Gasteiger partial charge is 0.399 e. The summed E-state index contributed by atoms with van der Waals surface area (Å²) in [5, 5.41) is 12.6. The van der Waals surface area contributed by atoms with E-state index in [9.17, 15) is 0 Å². The van der Waals surface area contributed by atoms with Crippen LogP contribution in [0, 0.1) is 11.3 Å². The molecular formula is C22H23N5OS. The van der Waals surface area contributed by atoms with E-state index in [0.29, 0.717) is 12.2 Å². The number of nitrogen functional groups attached to an aromatic ring is 1. The number of rotatable bonds is 7. The zero-order valence-electron chi connectivity index (χ0n) is 16.5. The lowest BCUT2D eigenvalue weighted by molar-refractivity contribution is 0.0787. The number of thiazole rings is 1. The van der Waals surface area contributed by atoms with Gasteiger partial charge in [-0.05, 0) is 50.6 Å². The molecule has 0 amide bonds. The van der Waals surface area contributed by atoms with Gasteiger partial charge in [0.15, 0.2) is 4.96 Å². The number of hydrogen-bond acceptors (Lipinski definition) is 6. The number of imidazole rings is 1. The van der Waals surface area contributed by atoms with Crippen LogP contribution in [0.2, 0.25) is 0 Å². The molecule has 3 N–H and O–H groups in total. The number of fused-ring (bicyclic) bond motifs is 3. The Morgan fingerprint density at radius 2 is 2.03 bits per heavy atom. The SMILES string of the molecule is CC(C)OCCCNc1c(-c2ccc(C#N)cc2)nc2sc3ccc(N)cc3n12. The molecule has 2 aromatic heterocycles. The monoisotopic (exact) mass is 405 g/mol. The van der Waals surface area contributed by atoms with Crippen LogP contribution in [0.5, 0.6) is 0 Å². The second-order valence-electron chi connectivity index (χ2n) is 7.15. The van der Waals surface area contributed by atoms with Gasteiger partial charge in [-0.2, -0.15) is 5.26 Å². The molecule has 0 radical (unpaired) electrons. The van der Waals surface area contributed by atoms with Crippen LogP contribution in [-0.4, -0.2) is 28.6 Å². The van der Waals surface area contributed by atoms with E-state index in [-0.39, 0.29) is 6.10 Å². The molecule has 4 rings (SSSR count). The Balaban J connectivity index is 1.75. The van der Waals surface area contributed by atoms with Gasteiger partial charge in [0.2, 0.25) is 0 Å². The summed E-state index contributed by atoms with van der Waals surface area (Å²) in [7, 11) is 0. The van der Waals surface area contributed by atoms with E-state index < -0.39 is 0 Å². The maximum absolute atomic E-state index is 9.08. The highest BCUT2D eigenvalue weighted by molar-refractivity contribution is 7.23. The van der Waals surface area contributed by atoms with Crippen LogP contribution in [0.4, 0.5) is 11.5 Å². The average molecular weight is 406 g/mol. The third-order valence-corrected chi connectivity index (χ3v) is 5.65. The highest BCUT2D eigenvalue weighted by Gasteiger charge is 2.18. The van der Waals surface area contributed by atoms with Gasteiger partial charge in [0, 0.05) is 24.4 Å². The molecule has 0 spiro atoms. The summed E-state index contributed by atoms with van der Waals surface area (Å²) in [5.74, 6) is 0.936.